The van der Waals surface area contributed by atoms with Crippen LogP contribution in [0.2, 0.25) is 0 Å². The van der Waals surface area contributed by atoms with E-state index < -0.39 is 0 Å². The molecule has 0 fully saturated rings. The zero-order chi connectivity index (χ0) is 15.5. The number of nitrogens with two attached hydrogens (primary N) is 1. The van der Waals surface area contributed by atoms with E-state index in [1.807, 2.05) is 0 Å². The van der Waals surface area contributed by atoms with Gasteiger partial charge in [0, 0.05) is 35.1 Å². The first kappa shape index (κ1) is 16.8. The first-order valence-corrected chi connectivity index (χ1v) is 8.78. The average Bonchev–Trinajstić information content (AvgIpc) is 2.96. The molecular formula is C17H27BrN2O. The minimum absolute atomic E-state index is 0.0859. The third-order valence-corrected chi connectivity index (χ3v) is 5.39. The predicted molar refractivity (Wildman–Crippen MR) is 91.8 cm³/mol. The fourth-order valence-corrected chi connectivity index (χ4v) is 3.95. The van der Waals surface area contributed by atoms with Crippen molar-refractivity contribution in [2.75, 3.05) is 19.7 Å². The van der Waals surface area contributed by atoms with Crippen LogP contribution in [-0.4, -0.2) is 30.1 Å². The second-order valence-electron chi connectivity index (χ2n) is 5.80. The minimum Gasteiger partial charge on any atom is -0.493 e. The lowest BCUT2D eigenvalue weighted by atomic mass is 9.90. The normalized spacial score (nSPS) is 14.4. The number of ether oxygens (including phenoxy) is 1. The quantitative estimate of drug-likeness (QED) is 0.810. The maximum atomic E-state index is 6.12. The summed E-state index contributed by atoms with van der Waals surface area (Å²) >= 11 is 3.63. The fraction of sp³-hybridized carbons (Fsp3) is 0.647. The Morgan fingerprint density at radius 2 is 2.00 bits per heavy atom. The van der Waals surface area contributed by atoms with Crippen molar-refractivity contribution in [3.05, 3.63) is 27.7 Å². The lowest BCUT2D eigenvalue weighted by Crippen LogP contribution is -2.52. The maximum absolute atomic E-state index is 6.12. The lowest BCUT2D eigenvalue weighted by Gasteiger charge is -2.42. The first-order chi connectivity index (χ1) is 10.1. The summed E-state index contributed by atoms with van der Waals surface area (Å²) in [6.07, 6.45) is 3.16. The van der Waals surface area contributed by atoms with Gasteiger partial charge < -0.3 is 10.5 Å². The Labute approximate surface area is 137 Å². The SMILES string of the molecule is CCN(Cc1cc(Br)cc2c1OCC2)C(CC)(CC)CN. The van der Waals surface area contributed by atoms with Crippen LogP contribution in [0.5, 0.6) is 5.75 Å². The average molecular weight is 355 g/mol. The molecule has 4 heteroatoms. The monoisotopic (exact) mass is 354 g/mol. The molecule has 0 aromatic heterocycles. The standard InChI is InChI=1S/C17H27BrN2O/c1-4-17(5-2,12-19)20(6-3)11-14-10-15(18)9-13-7-8-21-16(13)14/h9-10H,4-8,11-12,19H2,1-3H3. The number of fused-ring (bicyclic) bond motifs is 1. The molecule has 2 rings (SSSR count). The molecule has 1 aliphatic heterocycles. The Hall–Kier alpha value is -0.580. The van der Waals surface area contributed by atoms with Crippen molar-refractivity contribution < 1.29 is 4.74 Å². The second-order valence-corrected chi connectivity index (χ2v) is 6.72. The van der Waals surface area contributed by atoms with Gasteiger partial charge in [-0.05, 0) is 37.1 Å². The van der Waals surface area contributed by atoms with Crippen LogP contribution in [0.25, 0.3) is 0 Å². The van der Waals surface area contributed by atoms with Crippen LogP contribution in [0.3, 0.4) is 0 Å². The molecule has 21 heavy (non-hydrogen) atoms. The van der Waals surface area contributed by atoms with Crippen LogP contribution >= 0.6 is 15.9 Å². The summed E-state index contributed by atoms with van der Waals surface area (Å²) in [5.41, 5.74) is 8.80. The van der Waals surface area contributed by atoms with Gasteiger partial charge in [-0.1, -0.05) is 36.7 Å². The highest BCUT2D eigenvalue weighted by Gasteiger charge is 2.32. The van der Waals surface area contributed by atoms with E-state index in [9.17, 15) is 0 Å². The third-order valence-electron chi connectivity index (χ3n) is 4.94. The van der Waals surface area contributed by atoms with Crippen molar-refractivity contribution in [3.8, 4) is 5.75 Å². The Morgan fingerprint density at radius 3 is 2.57 bits per heavy atom. The summed E-state index contributed by atoms with van der Waals surface area (Å²) < 4.78 is 7.01. The highest BCUT2D eigenvalue weighted by Crippen LogP contribution is 2.35. The second kappa shape index (κ2) is 7.12. The summed E-state index contributed by atoms with van der Waals surface area (Å²) in [4.78, 5) is 2.51. The predicted octanol–water partition coefficient (Wildman–Crippen LogP) is 3.72. The topological polar surface area (TPSA) is 38.5 Å². The Kier molecular flexibility index (Phi) is 5.69. The van der Waals surface area contributed by atoms with Crippen LogP contribution in [0.15, 0.2) is 16.6 Å². The summed E-state index contributed by atoms with van der Waals surface area (Å²) in [7, 11) is 0. The Bertz CT molecular complexity index is 478. The van der Waals surface area contributed by atoms with Crippen molar-refractivity contribution in [1.82, 2.24) is 4.90 Å². The molecular weight excluding hydrogens is 328 g/mol. The number of rotatable bonds is 7. The highest BCUT2D eigenvalue weighted by atomic mass is 79.9. The molecule has 0 saturated carbocycles. The van der Waals surface area contributed by atoms with Crippen LogP contribution in [-0.2, 0) is 13.0 Å². The van der Waals surface area contributed by atoms with E-state index in [1.165, 1.54) is 11.1 Å². The van der Waals surface area contributed by atoms with Crippen molar-refractivity contribution in [3.63, 3.8) is 0 Å². The molecule has 0 atom stereocenters. The number of hydrogen-bond donors (Lipinski definition) is 1. The van der Waals surface area contributed by atoms with Crippen molar-refractivity contribution in [2.45, 2.75) is 52.1 Å². The molecule has 0 amide bonds. The summed E-state index contributed by atoms with van der Waals surface area (Å²) in [6.45, 7) is 10.1. The van der Waals surface area contributed by atoms with Gasteiger partial charge in [-0.25, -0.2) is 0 Å². The largest absolute Gasteiger partial charge is 0.493 e. The summed E-state index contributed by atoms with van der Waals surface area (Å²) in [5, 5.41) is 0. The molecule has 1 aromatic carbocycles. The van der Waals surface area contributed by atoms with Gasteiger partial charge in [0.15, 0.2) is 0 Å². The van der Waals surface area contributed by atoms with Crippen LogP contribution < -0.4 is 10.5 Å². The van der Waals surface area contributed by atoms with Gasteiger partial charge in [-0.3, -0.25) is 4.90 Å². The Morgan fingerprint density at radius 1 is 1.29 bits per heavy atom. The number of nitrogens with zero attached hydrogens (tertiary/aromatic N) is 1. The molecule has 0 unspecified atom stereocenters. The van der Waals surface area contributed by atoms with E-state index in [1.54, 1.807) is 0 Å². The van der Waals surface area contributed by atoms with E-state index >= 15 is 0 Å². The van der Waals surface area contributed by atoms with E-state index in [2.05, 4.69) is 53.7 Å². The maximum Gasteiger partial charge on any atom is 0.127 e. The van der Waals surface area contributed by atoms with Crippen LogP contribution in [0.1, 0.15) is 44.7 Å². The molecule has 3 nitrogen and oxygen atoms in total. The summed E-state index contributed by atoms with van der Waals surface area (Å²) in [5.74, 6) is 1.09. The van der Waals surface area contributed by atoms with Gasteiger partial charge in [0.1, 0.15) is 5.75 Å². The molecule has 1 aromatic rings. The lowest BCUT2D eigenvalue weighted by molar-refractivity contribution is 0.0819. The van der Waals surface area contributed by atoms with Crippen LogP contribution in [0, 0.1) is 0 Å². The van der Waals surface area contributed by atoms with E-state index in [0.717, 1.165) is 49.2 Å². The zero-order valence-corrected chi connectivity index (χ0v) is 15.0. The first-order valence-electron chi connectivity index (χ1n) is 7.99. The minimum atomic E-state index is 0.0859. The molecule has 0 aliphatic carbocycles. The molecule has 2 N–H and O–H groups in total. The van der Waals surface area contributed by atoms with Crippen molar-refractivity contribution >= 4 is 15.9 Å². The zero-order valence-electron chi connectivity index (χ0n) is 13.4. The number of hydrogen-bond acceptors (Lipinski definition) is 3. The van der Waals surface area contributed by atoms with Gasteiger partial charge in [0.2, 0.25) is 0 Å². The number of likely N-dealkylation sites (N-methyl/N-ethyl adjacent to an activating group) is 1. The molecule has 118 valence electrons. The van der Waals surface area contributed by atoms with Crippen LogP contribution in [0.4, 0.5) is 0 Å². The van der Waals surface area contributed by atoms with Gasteiger partial charge in [0.25, 0.3) is 0 Å². The smallest absolute Gasteiger partial charge is 0.127 e. The molecule has 1 heterocycles. The van der Waals surface area contributed by atoms with Crippen molar-refractivity contribution in [2.24, 2.45) is 5.73 Å². The van der Waals surface area contributed by atoms with E-state index in [4.69, 9.17) is 10.5 Å². The Balaban J connectivity index is 2.31. The summed E-state index contributed by atoms with van der Waals surface area (Å²) in [6, 6.07) is 4.37. The van der Waals surface area contributed by atoms with Crippen molar-refractivity contribution in [1.29, 1.82) is 0 Å². The van der Waals surface area contributed by atoms with Gasteiger partial charge >= 0.3 is 0 Å². The fourth-order valence-electron chi connectivity index (χ4n) is 3.40. The number of halogens is 1. The van der Waals surface area contributed by atoms with Gasteiger partial charge in [-0.15, -0.1) is 0 Å². The molecule has 1 aliphatic rings. The third kappa shape index (κ3) is 3.27. The van der Waals surface area contributed by atoms with E-state index in [-0.39, 0.29) is 5.54 Å². The van der Waals surface area contributed by atoms with E-state index in [0.29, 0.717) is 6.54 Å². The molecule has 0 radical (unpaired) electrons. The highest BCUT2D eigenvalue weighted by molar-refractivity contribution is 9.10. The van der Waals surface area contributed by atoms with Gasteiger partial charge in [0.05, 0.1) is 6.61 Å². The molecule has 0 saturated heterocycles. The van der Waals surface area contributed by atoms with Gasteiger partial charge in [-0.2, -0.15) is 0 Å². The number of benzene rings is 1. The molecule has 0 bridgehead atoms. The molecule has 0 spiro atoms.